The second-order valence-corrected chi connectivity index (χ2v) is 4.83. The van der Waals surface area contributed by atoms with Crippen LogP contribution in [0, 0.1) is 11.3 Å². The zero-order chi connectivity index (χ0) is 16.4. The van der Waals surface area contributed by atoms with Crippen molar-refractivity contribution in [1.82, 2.24) is 19.7 Å². The molecule has 0 saturated carbocycles. The molecule has 3 rings (SSSR count). The summed E-state index contributed by atoms with van der Waals surface area (Å²) in [5.74, 6) is -0.284. The molecule has 0 fully saturated rings. The third kappa shape index (κ3) is 2.63. The molecule has 0 radical (unpaired) electrons. The third-order valence-corrected chi connectivity index (χ3v) is 3.50. The molecule has 1 amide bonds. The molecule has 0 atom stereocenters. The minimum absolute atomic E-state index is 0.284. The highest BCUT2D eigenvalue weighted by Crippen LogP contribution is 2.23. The first kappa shape index (κ1) is 14.7. The number of amides is 1. The number of aromatic nitrogens is 3. The second-order valence-electron chi connectivity index (χ2n) is 4.83. The average molecular weight is 307 g/mol. The topological polar surface area (TPSA) is 83.5 Å². The number of carbonyl (C=O) groups is 1. The minimum Gasteiger partial charge on any atom is -0.274 e. The van der Waals surface area contributed by atoms with Crippen molar-refractivity contribution in [3.05, 3.63) is 53.9 Å². The molecule has 0 aliphatic carbocycles. The van der Waals surface area contributed by atoms with E-state index < -0.39 is 0 Å². The number of nitriles is 1. The third-order valence-electron chi connectivity index (χ3n) is 3.50. The van der Waals surface area contributed by atoms with Crippen molar-refractivity contribution in [2.75, 3.05) is 14.2 Å². The van der Waals surface area contributed by atoms with Gasteiger partial charge in [-0.25, -0.2) is 14.6 Å². The van der Waals surface area contributed by atoms with Gasteiger partial charge in [-0.05, 0) is 24.3 Å². The number of nitrogens with zero attached hydrogens (tertiary/aromatic N) is 5. The minimum atomic E-state index is -0.284. The highest BCUT2D eigenvalue weighted by atomic mass is 16.7. The van der Waals surface area contributed by atoms with Crippen LogP contribution in [0.4, 0.5) is 0 Å². The molecule has 0 N–H and O–H groups in total. The van der Waals surface area contributed by atoms with E-state index in [1.165, 1.54) is 20.5 Å². The number of pyridine rings is 1. The van der Waals surface area contributed by atoms with E-state index in [0.29, 0.717) is 22.5 Å². The zero-order valence-corrected chi connectivity index (χ0v) is 12.6. The Bertz CT molecular complexity index is 908. The van der Waals surface area contributed by atoms with Gasteiger partial charge in [-0.15, -0.1) is 0 Å². The van der Waals surface area contributed by atoms with E-state index in [9.17, 15) is 4.79 Å². The SMILES string of the molecule is CON(C)C(=O)c1cc(-c2ccc(C#N)cc2)n2ncnc2c1. The van der Waals surface area contributed by atoms with Crippen molar-refractivity contribution >= 4 is 11.6 Å². The summed E-state index contributed by atoms with van der Waals surface area (Å²) in [6, 6.07) is 12.5. The van der Waals surface area contributed by atoms with Crippen LogP contribution in [0.3, 0.4) is 0 Å². The Kier molecular flexibility index (Phi) is 3.75. The highest BCUT2D eigenvalue weighted by molar-refractivity contribution is 5.95. The quantitative estimate of drug-likeness (QED) is 0.690. The van der Waals surface area contributed by atoms with Crippen LogP contribution < -0.4 is 0 Å². The van der Waals surface area contributed by atoms with E-state index in [4.69, 9.17) is 10.1 Å². The maximum absolute atomic E-state index is 12.3. The number of hydrogen-bond donors (Lipinski definition) is 0. The van der Waals surface area contributed by atoms with Gasteiger partial charge in [0.25, 0.3) is 5.91 Å². The zero-order valence-electron chi connectivity index (χ0n) is 12.6. The molecule has 0 unspecified atom stereocenters. The maximum atomic E-state index is 12.3. The molecule has 114 valence electrons. The Morgan fingerprint density at radius 1 is 1.30 bits per heavy atom. The van der Waals surface area contributed by atoms with Gasteiger partial charge in [-0.2, -0.15) is 10.4 Å². The molecule has 23 heavy (non-hydrogen) atoms. The smallest absolute Gasteiger partial charge is 0.274 e. The number of benzene rings is 1. The lowest BCUT2D eigenvalue weighted by Crippen LogP contribution is -2.25. The van der Waals surface area contributed by atoms with Crippen molar-refractivity contribution in [2.45, 2.75) is 0 Å². The molecule has 1 aromatic carbocycles. The summed E-state index contributed by atoms with van der Waals surface area (Å²) < 4.78 is 1.64. The Labute approximate surface area is 132 Å². The first-order chi connectivity index (χ1) is 11.1. The number of hydrogen-bond acceptors (Lipinski definition) is 5. The van der Waals surface area contributed by atoms with Crippen LogP contribution in [-0.2, 0) is 4.84 Å². The number of rotatable bonds is 3. The molecule has 0 aliphatic rings. The van der Waals surface area contributed by atoms with Crippen LogP contribution in [0.1, 0.15) is 15.9 Å². The second kappa shape index (κ2) is 5.87. The van der Waals surface area contributed by atoms with Crippen molar-refractivity contribution in [2.24, 2.45) is 0 Å². The normalized spacial score (nSPS) is 10.5. The van der Waals surface area contributed by atoms with Gasteiger partial charge in [0, 0.05) is 18.2 Å². The molecule has 0 spiro atoms. The summed E-state index contributed by atoms with van der Waals surface area (Å²) in [5, 5.41) is 14.2. The van der Waals surface area contributed by atoms with Crippen molar-refractivity contribution in [3.8, 4) is 17.3 Å². The lowest BCUT2D eigenvalue weighted by Gasteiger charge is -2.14. The van der Waals surface area contributed by atoms with Gasteiger partial charge in [0.1, 0.15) is 6.33 Å². The molecule has 3 aromatic rings. The van der Waals surface area contributed by atoms with E-state index in [0.717, 1.165) is 10.6 Å². The molecule has 7 heteroatoms. The summed E-state index contributed by atoms with van der Waals surface area (Å²) in [5.41, 5.74) is 3.09. The summed E-state index contributed by atoms with van der Waals surface area (Å²) in [6.07, 6.45) is 1.43. The van der Waals surface area contributed by atoms with Gasteiger partial charge >= 0.3 is 0 Å². The average Bonchev–Trinajstić information content (AvgIpc) is 3.08. The van der Waals surface area contributed by atoms with E-state index in [-0.39, 0.29) is 5.91 Å². The fraction of sp³-hybridized carbons (Fsp3) is 0.125. The van der Waals surface area contributed by atoms with E-state index in [2.05, 4.69) is 16.2 Å². The van der Waals surface area contributed by atoms with Gasteiger partial charge in [0.05, 0.1) is 24.4 Å². The molecular weight excluding hydrogens is 294 g/mol. The van der Waals surface area contributed by atoms with Gasteiger partial charge in [-0.3, -0.25) is 9.63 Å². The van der Waals surface area contributed by atoms with Crippen molar-refractivity contribution in [3.63, 3.8) is 0 Å². The standard InChI is InChI=1S/C16H13N5O2/c1-20(23-2)16(22)13-7-14(21-15(8-13)18-10-19-21)12-5-3-11(9-17)4-6-12/h3-8,10H,1-2H3. The highest BCUT2D eigenvalue weighted by Gasteiger charge is 2.16. The molecular formula is C16H13N5O2. The lowest BCUT2D eigenvalue weighted by molar-refractivity contribution is -0.0756. The fourth-order valence-corrected chi connectivity index (χ4v) is 2.23. The van der Waals surface area contributed by atoms with Crippen LogP contribution in [0.2, 0.25) is 0 Å². The summed E-state index contributed by atoms with van der Waals surface area (Å²) in [7, 11) is 2.97. The van der Waals surface area contributed by atoms with Crippen LogP contribution in [0.25, 0.3) is 16.9 Å². The molecule has 2 aromatic heterocycles. The Morgan fingerprint density at radius 3 is 2.70 bits per heavy atom. The maximum Gasteiger partial charge on any atom is 0.277 e. The molecule has 2 heterocycles. The predicted molar refractivity (Wildman–Crippen MR) is 82.2 cm³/mol. The van der Waals surface area contributed by atoms with Gasteiger partial charge < -0.3 is 0 Å². The van der Waals surface area contributed by atoms with Crippen molar-refractivity contribution < 1.29 is 9.63 Å². The monoisotopic (exact) mass is 307 g/mol. The largest absolute Gasteiger partial charge is 0.277 e. The van der Waals surface area contributed by atoms with Crippen LogP contribution >= 0.6 is 0 Å². The van der Waals surface area contributed by atoms with E-state index in [1.807, 2.05) is 12.1 Å². The first-order valence-electron chi connectivity index (χ1n) is 6.80. The number of carbonyl (C=O) groups excluding carboxylic acids is 1. The summed E-state index contributed by atoms with van der Waals surface area (Å²) >= 11 is 0. The lowest BCUT2D eigenvalue weighted by atomic mass is 10.1. The van der Waals surface area contributed by atoms with Gasteiger partial charge in [-0.1, -0.05) is 12.1 Å². The van der Waals surface area contributed by atoms with Gasteiger partial charge in [0.15, 0.2) is 5.65 Å². The Hall–Kier alpha value is -3.24. The predicted octanol–water partition coefficient (Wildman–Crippen LogP) is 1.90. The Balaban J connectivity index is 2.16. The number of fused-ring (bicyclic) bond motifs is 1. The summed E-state index contributed by atoms with van der Waals surface area (Å²) in [4.78, 5) is 21.4. The number of hydroxylamine groups is 2. The van der Waals surface area contributed by atoms with Crippen LogP contribution in [-0.4, -0.2) is 39.7 Å². The van der Waals surface area contributed by atoms with Crippen LogP contribution in [0.5, 0.6) is 0 Å². The fourth-order valence-electron chi connectivity index (χ4n) is 2.23. The molecule has 7 nitrogen and oxygen atoms in total. The van der Waals surface area contributed by atoms with Gasteiger partial charge in [0.2, 0.25) is 0 Å². The van der Waals surface area contributed by atoms with Crippen LogP contribution in [0.15, 0.2) is 42.7 Å². The molecule has 0 saturated heterocycles. The summed E-state index contributed by atoms with van der Waals surface area (Å²) in [6.45, 7) is 0. The van der Waals surface area contributed by atoms with E-state index in [1.54, 1.807) is 28.8 Å². The first-order valence-corrected chi connectivity index (χ1v) is 6.80. The van der Waals surface area contributed by atoms with E-state index >= 15 is 0 Å². The van der Waals surface area contributed by atoms with Crippen molar-refractivity contribution in [1.29, 1.82) is 5.26 Å². The Morgan fingerprint density at radius 2 is 2.04 bits per heavy atom. The molecule has 0 aliphatic heterocycles. The molecule has 0 bridgehead atoms.